The van der Waals surface area contributed by atoms with Crippen molar-refractivity contribution in [2.75, 3.05) is 18.5 Å². The van der Waals surface area contributed by atoms with Gasteiger partial charge in [0, 0.05) is 28.9 Å². The van der Waals surface area contributed by atoms with Gasteiger partial charge < -0.3 is 19.4 Å². The predicted octanol–water partition coefficient (Wildman–Crippen LogP) is 5.38. The monoisotopic (exact) mass is 562 g/mol. The minimum atomic E-state index is -0.680. The normalized spacial score (nSPS) is 11.0. The van der Waals surface area contributed by atoms with E-state index in [0.717, 1.165) is 21.1 Å². The van der Waals surface area contributed by atoms with E-state index in [2.05, 4.69) is 35.9 Å². The highest BCUT2D eigenvalue weighted by atomic mass is 79.9. The third-order valence-electron chi connectivity index (χ3n) is 5.74. The number of H-pyrrole nitrogens is 1. The maximum absolute atomic E-state index is 13.3. The number of aromatic nitrogens is 3. The Bertz CT molecular complexity index is 1610. The number of para-hydroxylation sites is 2. The van der Waals surface area contributed by atoms with Crippen LogP contribution in [-0.2, 0) is 7.05 Å². The Hall–Kier alpha value is -4.31. The average Bonchev–Trinajstić information content (AvgIpc) is 3.49. The van der Waals surface area contributed by atoms with Crippen LogP contribution in [0, 0.1) is 0 Å². The third kappa shape index (κ3) is 5.44. The molecule has 9 nitrogen and oxygen atoms in total. The molecule has 0 radical (unpaired) electrons. The number of hydrogen-bond donors (Lipinski definition) is 2. The first-order valence-electron chi connectivity index (χ1n) is 11.6. The maximum Gasteiger partial charge on any atom is 0.439 e. The Morgan fingerprint density at radius 1 is 1.05 bits per heavy atom. The van der Waals surface area contributed by atoms with E-state index < -0.39 is 5.76 Å². The summed E-state index contributed by atoms with van der Waals surface area (Å²) in [6, 6.07) is 22.4. The van der Waals surface area contributed by atoms with Gasteiger partial charge in [-0.1, -0.05) is 51.4 Å². The summed E-state index contributed by atoms with van der Waals surface area (Å²) in [5, 5.41) is 7.54. The summed E-state index contributed by atoms with van der Waals surface area (Å²) in [5.41, 5.74) is 2.24. The van der Waals surface area contributed by atoms with Crippen molar-refractivity contribution in [3.8, 4) is 22.9 Å². The summed E-state index contributed by atoms with van der Waals surface area (Å²) in [6.45, 7) is 1.00. The van der Waals surface area contributed by atoms with Crippen LogP contribution in [0.3, 0.4) is 0 Å². The fraction of sp³-hybridized carbons (Fsp3) is 0.148. The zero-order valence-electron chi connectivity index (χ0n) is 19.9. The number of halogens is 1. The molecule has 0 bridgehead atoms. The minimum absolute atomic E-state index is 0.213. The topological polar surface area (TPSA) is 111 Å². The Morgan fingerprint density at radius 2 is 1.86 bits per heavy atom. The van der Waals surface area contributed by atoms with Crippen molar-refractivity contribution in [2.45, 2.75) is 6.42 Å². The first-order valence-corrected chi connectivity index (χ1v) is 12.4. The summed E-state index contributed by atoms with van der Waals surface area (Å²) < 4.78 is 19.0. The number of nitrogens with zero attached hydrogens (tertiary/aromatic N) is 2. The number of rotatable bonds is 9. The maximum atomic E-state index is 13.3. The van der Waals surface area contributed by atoms with Gasteiger partial charge in [0.25, 0.3) is 5.91 Å². The van der Waals surface area contributed by atoms with E-state index >= 15 is 0 Å². The lowest BCUT2D eigenvalue weighted by Gasteiger charge is -2.12. The molecule has 5 aromatic rings. The molecule has 188 valence electrons. The fourth-order valence-corrected chi connectivity index (χ4v) is 4.38. The summed E-state index contributed by atoms with van der Waals surface area (Å²) in [6.07, 6.45) is 0.708. The first kappa shape index (κ1) is 24.4. The Morgan fingerprint density at radius 3 is 2.65 bits per heavy atom. The standard InChI is InChI=1S/C27H23BrN4O5/c1-32-22(26(33)29-21-12-11-18(28)16-20(21)25-30-27(34)37-31-25)15-17-7-5-10-23(24(17)32)36-14-6-13-35-19-8-3-2-4-9-19/h2-5,7-12,15-16H,6,13-14H2,1H3,(H,29,33)(H,30,31,34). The molecule has 37 heavy (non-hydrogen) atoms. The van der Waals surface area contributed by atoms with Crippen molar-refractivity contribution in [1.82, 2.24) is 14.7 Å². The Kier molecular flexibility index (Phi) is 7.09. The van der Waals surface area contributed by atoms with Crippen LogP contribution in [0.25, 0.3) is 22.3 Å². The van der Waals surface area contributed by atoms with Gasteiger partial charge in [-0.2, -0.15) is 0 Å². The molecule has 0 saturated heterocycles. The molecule has 0 aliphatic carbocycles. The van der Waals surface area contributed by atoms with Crippen molar-refractivity contribution >= 4 is 38.4 Å². The quantitative estimate of drug-likeness (QED) is 0.233. The number of nitrogens with one attached hydrogen (secondary N) is 2. The highest BCUT2D eigenvalue weighted by Crippen LogP contribution is 2.31. The van der Waals surface area contributed by atoms with Crippen LogP contribution in [0.4, 0.5) is 5.69 Å². The van der Waals surface area contributed by atoms with E-state index in [1.807, 2.05) is 61.6 Å². The molecule has 3 aromatic carbocycles. The molecule has 5 rings (SSSR count). The molecular formula is C27H23BrN4O5. The zero-order valence-corrected chi connectivity index (χ0v) is 21.4. The third-order valence-corrected chi connectivity index (χ3v) is 6.23. The second-order valence-electron chi connectivity index (χ2n) is 8.23. The van der Waals surface area contributed by atoms with Crippen LogP contribution in [0.1, 0.15) is 16.9 Å². The SMILES string of the molecule is Cn1c(C(=O)Nc2ccc(Br)cc2-c2noc(=O)[nH]2)cc2cccc(OCCCOc3ccccc3)c21. The van der Waals surface area contributed by atoms with E-state index in [1.165, 1.54) is 0 Å². The lowest BCUT2D eigenvalue weighted by Crippen LogP contribution is -2.16. The van der Waals surface area contributed by atoms with E-state index in [4.69, 9.17) is 9.47 Å². The van der Waals surface area contributed by atoms with Crippen molar-refractivity contribution < 1.29 is 18.8 Å². The van der Waals surface area contributed by atoms with E-state index in [0.29, 0.717) is 42.3 Å². The second kappa shape index (κ2) is 10.8. The number of hydrogen-bond acceptors (Lipinski definition) is 6. The number of amides is 1. The second-order valence-corrected chi connectivity index (χ2v) is 9.15. The predicted molar refractivity (Wildman–Crippen MR) is 143 cm³/mol. The van der Waals surface area contributed by atoms with Gasteiger partial charge in [-0.15, -0.1) is 0 Å². The first-order chi connectivity index (χ1) is 18.0. The molecule has 2 N–H and O–H groups in total. The van der Waals surface area contributed by atoms with Gasteiger partial charge in [0.2, 0.25) is 0 Å². The average molecular weight is 563 g/mol. The molecule has 0 saturated carbocycles. The lowest BCUT2D eigenvalue weighted by atomic mass is 10.1. The van der Waals surface area contributed by atoms with Crippen molar-refractivity contribution in [3.63, 3.8) is 0 Å². The molecule has 0 fully saturated rings. The number of aryl methyl sites for hydroxylation is 1. The van der Waals surface area contributed by atoms with Gasteiger partial charge in [-0.25, -0.2) is 4.79 Å². The summed E-state index contributed by atoms with van der Waals surface area (Å²) >= 11 is 3.41. The van der Waals surface area contributed by atoms with Gasteiger partial charge in [-0.05, 0) is 42.5 Å². The van der Waals surface area contributed by atoms with Gasteiger partial charge in [-0.3, -0.25) is 14.3 Å². The molecule has 2 aromatic heterocycles. The van der Waals surface area contributed by atoms with Crippen LogP contribution in [0.15, 0.2) is 86.6 Å². The van der Waals surface area contributed by atoms with Crippen LogP contribution >= 0.6 is 15.9 Å². The summed E-state index contributed by atoms with van der Waals surface area (Å²) in [4.78, 5) is 27.3. The molecular weight excluding hydrogens is 540 g/mol. The van der Waals surface area contributed by atoms with Crippen molar-refractivity contribution in [3.05, 3.63) is 93.5 Å². The van der Waals surface area contributed by atoms with Crippen molar-refractivity contribution in [1.29, 1.82) is 0 Å². The van der Waals surface area contributed by atoms with Crippen LogP contribution in [-0.4, -0.2) is 33.8 Å². The fourth-order valence-electron chi connectivity index (χ4n) is 4.02. The molecule has 0 aliphatic heterocycles. The number of fused-ring (bicyclic) bond motifs is 1. The van der Waals surface area contributed by atoms with E-state index in [1.54, 1.807) is 22.8 Å². The van der Waals surface area contributed by atoms with Crippen LogP contribution in [0.2, 0.25) is 0 Å². The number of carbonyl (C=O) groups excluding carboxylic acids is 1. The summed E-state index contributed by atoms with van der Waals surface area (Å²) in [7, 11) is 1.82. The van der Waals surface area contributed by atoms with Gasteiger partial charge >= 0.3 is 5.76 Å². The van der Waals surface area contributed by atoms with Crippen molar-refractivity contribution in [2.24, 2.45) is 7.05 Å². The molecule has 0 aliphatic rings. The van der Waals surface area contributed by atoms with E-state index in [9.17, 15) is 9.59 Å². The number of ether oxygens (including phenoxy) is 2. The smallest absolute Gasteiger partial charge is 0.439 e. The molecule has 0 spiro atoms. The van der Waals surface area contributed by atoms with Crippen LogP contribution < -0.4 is 20.5 Å². The molecule has 0 atom stereocenters. The van der Waals surface area contributed by atoms with Crippen LogP contribution in [0.5, 0.6) is 11.5 Å². The lowest BCUT2D eigenvalue weighted by molar-refractivity contribution is 0.102. The minimum Gasteiger partial charge on any atom is -0.493 e. The van der Waals surface area contributed by atoms with Gasteiger partial charge in [0.1, 0.15) is 17.2 Å². The Balaban J connectivity index is 1.32. The number of aromatic amines is 1. The highest BCUT2D eigenvalue weighted by molar-refractivity contribution is 9.10. The van der Waals surface area contributed by atoms with E-state index in [-0.39, 0.29) is 11.7 Å². The molecule has 1 amide bonds. The Labute approximate surface area is 220 Å². The number of anilines is 1. The van der Waals surface area contributed by atoms with Gasteiger partial charge in [0.05, 0.1) is 24.4 Å². The largest absolute Gasteiger partial charge is 0.493 e. The molecule has 10 heteroatoms. The summed E-state index contributed by atoms with van der Waals surface area (Å²) in [5.74, 6) is 0.718. The van der Waals surface area contributed by atoms with Gasteiger partial charge in [0.15, 0.2) is 5.82 Å². The zero-order chi connectivity index (χ0) is 25.8. The molecule has 0 unspecified atom stereocenters. The number of benzene rings is 3. The number of carbonyl (C=O) groups is 1. The highest BCUT2D eigenvalue weighted by Gasteiger charge is 2.19. The molecule has 2 heterocycles.